The van der Waals surface area contributed by atoms with Gasteiger partial charge in [0.05, 0.1) is 12.2 Å². The van der Waals surface area contributed by atoms with Crippen molar-refractivity contribution in [2.24, 2.45) is 0 Å². The van der Waals surface area contributed by atoms with E-state index in [4.69, 9.17) is 4.74 Å². The van der Waals surface area contributed by atoms with E-state index in [1.165, 1.54) is 6.08 Å². The van der Waals surface area contributed by atoms with Crippen molar-refractivity contribution in [1.29, 1.82) is 0 Å². The molecule has 0 spiro atoms. The highest BCUT2D eigenvalue weighted by Crippen LogP contribution is 2.13. The van der Waals surface area contributed by atoms with Crippen LogP contribution in [-0.4, -0.2) is 40.7 Å². The van der Waals surface area contributed by atoms with Crippen molar-refractivity contribution >= 4 is 5.97 Å². The number of ether oxygens (including phenoxy) is 1. The minimum Gasteiger partial charge on any atom is -0.457 e. The van der Waals surface area contributed by atoms with Crippen LogP contribution >= 0.6 is 0 Å². The molecule has 16 heavy (non-hydrogen) atoms. The Bertz CT molecular complexity index is 382. The van der Waals surface area contributed by atoms with Crippen LogP contribution in [0.3, 0.4) is 0 Å². The van der Waals surface area contributed by atoms with Gasteiger partial charge in [-0.3, -0.25) is 0 Å². The molecule has 1 aliphatic rings. The molecule has 1 atom stereocenters. The fourth-order valence-corrected chi connectivity index (χ4v) is 1.62. The topological polar surface area (TPSA) is 69.0 Å². The fraction of sp³-hybridized carbons (Fsp3) is 0.500. The average molecular weight is 222 g/mol. The van der Waals surface area contributed by atoms with Crippen molar-refractivity contribution in [2.75, 3.05) is 19.7 Å². The van der Waals surface area contributed by atoms with E-state index in [2.05, 4.69) is 22.2 Å². The normalized spacial score (nSPS) is 19.6. The molecule has 0 unspecified atom stereocenters. The summed E-state index contributed by atoms with van der Waals surface area (Å²) in [6.45, 7) is 5.50. The summed E-state index contributed by atoms with van der Waals surface area (Å²) in [4.78, 5) is 11.4. The van der Waals surface area contributed by atoms with Gasteiger partial charge in [0.15, 0.2) is 5.69 Å². The molecule has 6 heteroatoms. The van der Waals surface area contributed by atoms with Crippen LogP contribution in [-0.2, 0) is 4.74 Å². The molecular formula is C10H14N4O2. The Morgan fingerprint density at radius 3 is 3.38 bits per heavy atom. The lowest BCUT2D eigenvalue weighted by Gasteiger charge is -2.05. The molecular weight excluding hydrogens is 208 g/mol. The Kier molecular flexibility index (Phi) is 3.31. The van der Waals surface area contributed by atoms with Gasteiger partial charge in [0, 0.05) is 6.54 Å². The molecule has 0 saturated carbocycles. The summed E-state index contributed by atoms with van der Waals surface area (Å²) in [5.41, 5.74) is 0.244. The average Bonchev–Trinajstić information content (AvgIpc) is 2.94. The van der Waals surface area contributed by atoms with E-state index in [1.807, 2.05) is 0 Å². The predicted molar refractivity (Wildman–Crippen MR) is 57.0 cm³/mol. The lowest BCUT2D eigenvalue weighted by molar-refractivity contribution is 0.0542. The summed E-state index contributed by atoms with van der Waals surface area (Å²) < 4.78 is 6.58. The first kappa shape index (κ1) is 10.8. The van der Waals surface area contributed by atoms with E-state index in [0.717, 1.165) is 19.5 Å². The summed E-state index contributed by atoms with van der Waals surface area (Å²) in [6.07, 6.45) is 4.15. The molecule has 0 amide bonds. The van der Waals surface area contributed by atoms with Crippen molar-refractivity contribution in [2.45, 2.75) is 12.5 Å². The Morgan fingerprint density at radius 1 is 1.81 bits per heavy atom. The van der Waals surface area contributed by atoms with Gasteiger partial charge >= 0.3 is 5.97 Å². The van der Waals surface area contributed by atoms with Crippen molar-refractivity contribution in [3.05, 3.63) is 24.5 Å². The van der Waals surface area contributed by atoms with E-state index >= 15 is 0 Å². The van der Waals surface area contributed by atoms with Crippen molar-refractivity contribution in [3.63, 3.8) is 0 Å². The van der Waals surface area contributed by atoms with Crippen LogP contribution in [0.1, 0.15) is 23.0 Å². The zero-order valence-corrected chi connectivity index (χ0v) is 8.93. The molecule has 0 aliphatic carbocycles. The van der Waals surface area contributed by atoms with Gasteiger partial charge in [-0.25, -0.2) is 9.48 Å². The molecule has 1 aromatic rings. The van der Waals surface area contributed by atoms with Crippen LogP contribution in [0.5, 0.6) is 0 Å². The third-order valence-electron chi connectivity index (χ3n) is 2.46. The summed E-state index contributed by atoms with van der Waals surface area (Å²) >= 11 is 0. The molecule has 1 fully saturated rings. The zero-order chi connectivity index (χ0) is 11.4. The number of nitrogens with one attached hydrogen (secondary N) is 1. The second kappa shape index (κ2) is 4.89. The second-order valence-electron chi connectivity index (χ2n) is 3.62. The first-order valence-corrected chi connectivity index (χ1v) is 5.22. The molecule has 1 N–H and O–H groups in total. The van der Waals surface area contributed by atoms with Crippen molar-refractivity contribution in [1.82, 2.24) is 20.3 Å². The van der Waals surface area contributed by atoms with E-state index in [9.17, 15) is 4.79 Å². The molecule has 1 aliphatic heterocycles. The number of carbonyl (C=O) groups is 1. The number of hydrogen-bond donors (Lipinski definition) is 1. The van der Waals surface area contributed by atoms with Crippen LogP contribution in [0.25, 0.3) is 0 Å². The molecule has 1 saturated heterocycles. The summed E-state index contributed by atoms with van der Waals surface area (Å²) in [6, 6.07) is 0.286. The molecule has 0 bridgehead atoms. The lowest BCUT2D eigenvalue weighted by Crippen LogP contribution is -2.13. The third kappa shape index (κ3) is 2.27. The molecule has 2 rings (SSSR count). The van der Waals surface area contributed by atoms with Gasteiger partial charge in [0.25, 0.3) is 0 Å². The van der Waals surface area contributed by atoms with Crippen LogP contribution in [0.2, 0.25) is 0 Å². The molecule has 1 aromatic heterocycles. The van der Waals surface area contributed by atoms with Gasteiger partial charge in [-0.05, 0) is 13.0 Å². The number of esters is 1. The highest BCUT2D eigenvalue weighted by molar-refractivity contribution is 5.86. The molecule has 86 valence electrons. The Hall–Kier alpha value is -1.69. The van der Waals surface area contributed by atoms with Gasteiger partial charge in [0.2, 0.25) is 0 Å². The standard InChI is InChI=1S/C10H14N4O2/c1-2-5-16-10(15)9-7-14(13-12-9)8-3-4-11-6-8/h2,7-8,11H,1,3-6H2/t8-/m0/s1. The number of carbonyl (C=O) groups excluding carboxylic acids is 1. The summed E-state index contributed by atoms with van der Waals surface area (Å²) in [7, 11) is 0. The van der Waals surface area contributed by atoms with Crippen LogP contribution in [0.4, 0.5) is 0 Å². The number of hydrogen-bond acceptors (Lipinski definition) is 5. The number of rotatable bonds is 4. The third-order valence-corrected chi connectivity index (χ3v) is 2.46. The first-order valence-electron chi connectivity index (χ1n) is 5.22. The minimum atomic E-state index is -0.461. The van der Waals surface area contributed by atoms with Crippen molar-refractivity contribution < 1.29 is 9.53 Å². The maximum Gasteiger partial charge on any atom is 0.360 e. The number of aromatic nitrogens is 3. The maximum atomic E-state index is 11.4. The smallest absolute Gasteiger partial charge is 0.360 e. The summed E-state index contributed by atoms with van der Waals surface area (Å²) in [5, 5.41) is 10.9. The quantitative estimate of drug-likeness (QED) is 0.580. The van der Waals surface area contributed by atoms with Gasteiger partial charge in [-0.2, -0.15) is 0 Å². The minimum absolute atomic E-state index is 0.191. The fourth-order valence-electron chi connectivity index (χ4n) is 1.62. The van der Waals surface area contributed by atoms with Crippen LogP contribution in [0, 0.1) is 0 Å². The van der Waals surface area contributed by atoms with Gasteiger partial charge in [-0.15, -0.1) is 5.10 Å². The molecule has 6 nitrogen and oxygen atoms in total. The van der Waals surface area contributed by atoms with E-state index in [-0.39, 0.29) is 18.3 Å². The maximum absolute atomic E-state index is 11.4. The second-order valence-corrected chi connectivity index (χ2v) is 3.62. The number of nitrogens with zero attached hydrogens (tertiary/aromatic N) is 3. The van der Waals surface area contributed by atoms with E-state index in [1.54, 1.807) is 10.9 Å². The Morgan fingerprint density at radius 2 is 2.69 bits per heavy atom. The van der Waals surface area contributed by atoms with E-state index in [0.29, 0.717) is 0 Å². The molecule has 0 radical (unpaired) electrons. The van der Waals surface area contributed by atoms with Crippen LogP contribution in [0.15, 0.2) is 18.9 Å². The van der Waals surface area contributed by atoms with Gasteiger partial charge in [-0.1, -0.05) is 17.9 Å². The molecule has 0 aromatic carbocycles. The first-order chi connectivity index (χ1) is 7.81. The van der Waals surface area contributed by atoms with Gasteiger partial charge in [0.1, 0.15) is 6.61 Å². The lowest BCUT2D eigenvalue weighted by atomic mass is 10.3. The summed E-state index contributed by atoms with van der Waals surface area (Å²) in [5.74, 6) is -0.461. The Labute approximate surface area is 93.3 Å². The van der Waals surface area contributed by atoms with Crippen LogP contribution < -0.4 is 5.32 Å². The largest absolute Gasteiger partial charge is 0.457 e. The van der Waals surface area contributed by atoms with E-state index < -0.39 is 5.97 Å². The highest BCUT2D eigenvalue weighted by Gasteiger charge is 2.20. The predicted octanol–water partition coefficient (Wildman–Crippen LogP) is 0.155. The SMILES string of the molecule is C=CCOC(=O)c1cn([C@H]2CCNC2)nn1. The zero-order valence-electron chi connectivity index (χ0n) is 8.93. The van der Waals surface area contributed by atoms with Crippen molar-refractivity contribution in [3.8, 4) is 0 Å². The Balaban J connectivity index is 2.00. The monoisotopic (exact) mass is 222 g/mol. The molecule has 2 heterocycles. The van der Waals surface area contributed by atoms with Gasteiger partial charge < -0.3 is 10.1 Å². The highest BCUT2D eigenvalue weighted by atomic mass is 16.5.